The van der Waals surface area contributed by atoms with Crippen LogP contribution in [-0.2, 0) is 21.4 Å². The molecule has 2 aromatic rings. The number of hydrogen-bond donors (Lipinski definition) is 2. The summed E-state index contributed by atoms with van der Waals surface area (Å²) in [5.41, 5.74) is 0.488. The lowest BCUT2D eigenvalue weighted by Gasteiger charge is -2.33. The predicted octanol–water partition coefficient (Wildman–Crippen LogP) is 1.94. The summed E-state index contributed by atoms with van der Waals surface area (Å²) >= 11 is 0. The van der Waals surface area contributed by atoms with Gasteiger partial charge in [0.15, 0.2) is 5.82 Å². The molecular weight excluding hydrogens is 344 g/mol. The maximum Gasteiger partial charge on any atom is 0.235 e. The predicted molar refractivity (Wildman–Crippen MR) is 96.0 cm³/mol. The first kappa shape index (κ1) is 19.4. The molecule has 0 spiro atoms. The van der Waals surface area contributed by atoms with E-state index < -0.39 is 0 Å². The Kier molecular flexibility index (Phi) is 6.92. The molecule has 0 saturated carbocycles. The van der Waals surface area contributed by atoms with Crippen molar-refractivity contribution in [1.82, 2.24) is 15.5 Å². The molecule has 1 aromatic heterocycles. The normalized spacial score (nSPS) is 16.0. The molecule has 3 rings (SSSR count). The summed E-state index contributed by atoms with van der Waals surface area (Å²) in [5.74, 6) is 0.792. The van der Waals surface area contributed by atoms with E-state index in [1.165, 1.54) is 0 Å². The Balaban J connectivity index is 0.00000225. The van der Waals surface area contributed by atoms with Gasteiger partial charge in [0, 0.05) is 12.8 Å². The smallest absolute Gasteiger partial charge is 0.235 e. The van der Waals surface area contributed by atoms with Crippen molar-refractivity contribution < 1.29 is 14.1 Å². The molecule has 25 heavy (non-hydrogen) atoms. The number of carbonyl (C=O) groups excluding carboxylic acids is 1. The quantitative estimate of drug-likeness (QED) is 0.812. The lowest BCUT2D eigenvalue weighted by Crippen LogP contribution is -2.43. The highest BCUT2D eigenvalue weighted by molar-refractivity contribution is 5.91. The summed E-state index contributed by atoms with van der Waals surface area (Å²) in [4.78, 5) is 16.6. The third-order valence-electron chi connectivity index (χ3n) is 4.28. The van der Waals surface area contributed by atoms with Gasteiger partial charge in [0.1, 0.15) is 0 Å². The Bertz CT molecular complexity index is 666. The summed E-state index contributed by atoms with van der Waals surface area (Å²) in [6.07, 6.45) is 1.83. The van der Waals surface area contributed by atoms with E-state index in [1.54, 1.807) is 7.11 Å². The van der Waals surface area contributed by atoms with Gasteiger partial charge in [0.25, 0.3) is 0 Å². The van der Waals surface area contributed by atoms with Crippen molar-refractivity contribution in [1.29, 1.82) is 0 Å². The fourth-order valence-corrected chi connectivity index (χ4v) is 3.01. The van der Waals surface area contributed by atoms with Crippen molar-refractivity contribution in [3.63, 3.8) is 0 Å². The van der Waals surface area contributed by atoms with E-state index in [-0.39, 0.29) is 30.2 Å². The number of nitrogens with zero attached hydrogens (tertiary/aromatic N) is 2. The Morgan fingerprint density at radius 3 is 2.72 bits per heavy atom. The van der Waals surface area contributed by atoms with Gasteiger partial charge >= 0.3 is 0 Å². The summed E-state index contributed by atoms with van der Waals surface area (Å²) in [5, 5.41) is 10.1. The molecule has 0 radical (unpaired) electrons. The van der Waals surface area contributed by atoms with Crippen molar-refractivity contribution >= 4 is 24.0 Å². The van der Waals surface area contributed by atoms with Gasteiger partial charge in [-0.05, 0) is 38.1 Å². The van der Waals surface area contributed by atoms with E-state index in [0.29, 0.717) is 18.3 Å². The number of para-hydroxylation sites is 1. The van der Waals surface area contributed by atoms with Crippen LogP contribution in [0.3, 0.4) is 0 Å². The first-order valence-corrected chi connectivity index (χ1v) is 8.09. The number of rotatable bonds is 6. The third-order valence-corrected chi connectivity index (χ3v) is 4.28. The summed E-state index contributed by atoms with van der Waals surface area (Å²) in [6.45, 7) is 2.30. The minimum atomic E-state index is -0.263. The van der Waals surface area contributed by atoms with E-state index in [4.69, 9.17) is 9.26 Å². The van der Waals surface area contributed by atoms with E-state index >= 15 is 0 Å². The molecule has 1 aromatic carbocycles. The summed E-state index contributed by atoms with van der Waals surface area (Å²) in [6, 6.07) is 9.31. The second-order valence-electron chi connectivity index (χ2n) is 6.07. The Morgan fingerprint density at radius 1 is 1.32 bits per heavy atom. The van der Waals surface area contributed by atoms with Crippen molar-refractivity contribution in [2.45, 2.75) is 24.7 Å². The Morgan fingerprint density at radius 2 is 2.04 bits per heavy atom. The fourth-order valence-electron chi connectivity index (χ4n) is 3.01. The monoisotopic (exact) mass is 366 g/mol. The van der Waals surface area contributed by atoms with E-state index in [1.807, 2.05) is 30.3 Å². The molecule has 1 aliphatic heterocycles. The van der Waals surface area contributed by atoms with Crippen LogP contribution < -0.4 is 10.6 Å². The third kappa shape index (κ3) is 4.78. The number of amides is 1. The van der Waals surface area contributed by atoms with Gasteiger partial charge in [0.2, 0.25) is 11.8 Å². The molecule has 2 heterocycles. The number of piperidine rings is 1. The number of hydrogen-bond acceptors (Lipinski definition) is 6. The maximum atomic E-state index is 12.1. The molecule has 1 aliphatic rings. The first-order chi connectivity index (χ1) is 11.7. The van der Waals surface area contributed by atoms with Gasteiger partial charge < -0.3 is 19.9 Å². The molecule has 0 aliphatic carbocycles. The Labute approximate surface area is 152 Å². The minimum absolute atomic E-state index is 0. The van der Waals surface area contributed by atoms with E-state index in [0.717, 1.165) is 31.6 Å². The number of halogens is 1. The van der Waals surface area contributed by atoms with Crippen LogP contribution in [0.1, 0.15) is 24.6 Å². The maximum absolute atomic E-state index is 12.1. The lowest BCUT2D eigenvalue weighted by molar-refractivity contribution is -0.115. The fraction of sp³-hybridized carbons (Fsp3) is 0.471. The summed E-state index contributed by atoms with van der Waals surface area (Å²) in [7, 11) is 1.67. The highest BCUT2D eigenvalue weighted by atomic mass is 35.5. The van der Waals surface area contributed by atoms with Gasteiger partial charge in [-0.1, -0.05) is 23.4 Å². The van der Waals surface area contributed by atoms with Crippen LogP contribution in [0.15, 0.2) is 34.9 Å². The van der Waals surface area contributed by atoms with Crippen molar-refractivity contribution in [2.24, 2.45) is 0 Å². The molecule has 1 saturated heterocycles. The number of carbonyl (C=O) groups is 1. The highest BCUT2D eigenvalue weighted by Gasteiger charge is 2.39. The average molecular weight is 367 g/mol. The van der Waals surface area contributed by atoms with Gasteiger partial charge in [-0.15, -0.1) is 12.4 Å². The standard InChI is InChI=1S/C17H22N4O3.ClH/c1-23-12-17(7-9-18-10-8-17)16-20-14(21-24-16)11-15(22)19-13-5-3-2-4-6-13;/h2-6,18H,7-12H2,1H3,(H,19,22);1H. The molecule has 136 valence electrons. The highest BCUT2D eigenvalue weighted by Crippen LogP contribution is 2.32. The number of anilines is 1. The van der Waals surface area contributed by atoms with Crippen LogP contribution in [0, 0.1) is 0 Å². The number of ether oxygens (including phenoxy) is 1. The molecule has 8 heteroatoms. The van der Waals surface area contributed by atoms with Crippen molar-refractivity contribution in [2.75, 3.05) is 32.1 Å². The van der Waals surface area contributed by atoms with Crippen LogP contribution in [0.5, 0.6) is 0 Å². The van der Waals surface area contributed by atoms with Gasteiger partial charge in [-0.2, -0.15) is 4.98 Å². The number of methoxy groups -OCH3 is 1. The second kappa shape index (κ2) is 8.94. The van der Waals surface area contributed by atoms with Crippen molar-refractivity contribution in [3.05, 3.63) is 42.0 Å². The zero-order valence-corrected chi connectivity index (χ0v) is 15.0. The molecular formula is C17H23ClN4O3. The van der Waals surface area contributed by atoms with Crippen LogP contribution in [0.4, 0.5) is 5.69 Å². The number of aromatic nitrogens is 2. The molecule has 1 amide bonds. The Hall–Kier alpha value is -1.96. The van der Waals surface area contributed by atoms with Gasteiger partial charge in [0.05, 0.1) is 18.4 Å². The number of benzene rings is 1. The van der Waals surface area contributed by atoms with Gasteiger partial charge in [-0.3, -0.25) is 4.79 Å². The van der Waals surface area contributed by atoms with Crippen LogP contribution in [-0.4, -0.2) is 42.9 Å². The molecule has 2 N–H and O–H groups in total. The van der Waals surface area contributed by atoms with Crippen LogP contribution >= 0.6 is 12.4 Å². The lowest BCUT2D eigenvalue weighted by atomic mass is 9.79. The molecule has 1 fully saturated rings. The average Bonchev–Trinajstić information content (AvgIpc) is 3.06. The molecule has 0 atom stereocenters. The largest absolute Gasteiger partial charge is 0.384 e. The summed E-state index contributed by atoms with van der Waals surface area (Å²) < 4.78 is 10.8. The zero-order valence-electron chi connectivity index (χ0n) is 14.2. The zero-order chi connectivity index (χ0) is 16.8. The molecule has 0 unspecified atom stereocenters. The van der Waals surface area contributed by atoms with Gasteiger partial charge in [-0.25, -0.2) is 0 Å². The van der Waals surface area contributed by atoms with Crippen LogP contribution in [0.2, 0.25) is 0 Å². The minimum Gasteiger partial charge on any atom is -0.384 e. The molecule has 7 nitrogen and oxygen atoms in total. The SMILES string of the molecule is COCC1(c2nc(CC(=O)Nc3ccccc3)no2)CCNCC1.Cl. The molecule has 0 bridgehead atoms. The number of nitrogens with one attached hydrogen (secondary N) is 2. The van der Waals surface area contributed by atoms with E-state index in [2.05, 4.69) is 20.8 Å². The van der Waals surface area contributed by atoms with E-state index in [9.17, 15) is 4.79 Å². The van der Waals surface area contributed by atoms with Crippen molar-refractivity contribution in [3.8, 4) is 0 Å². The second-order valence-corrected chi connectivity index (χ2v) is 6.07. The van der Waals surface area contributed by atoms with Crippen LogP contribution in [0.25, 0.3) is 0 Å². The first-order valence-electron chi connectivity index (χ1n) is 8.09. The topological polar surface area (TPSA) is 89.3 Å².